The second-order valence-corrected chi connectivity index (χ2v) is 6.65. The van der Waals surface area contributed by atoms with Gasteiger partial charge in [-0.05, 0) is 48.3 Å². The first-order valence-corrected chi connectivity index (χ1v) is 7.88. The maximum absolute atomic E-state index is 11.4. The van der Waals surface area contributed by atoms with Crippen LogP contribution in [0.3, 0.4) is 0 Å². The largest absolute Gasteiger partial charge is 0.482 e. The molecule has 1 heterocycles. The molecule has 4 heteroatoms. The molecule has 106 valence electrons. The Morgan fingerprint density at radius 1 is 1.25 bits per heavy atom. The van der Waals surface area contributed by atoms with Crippen molar-refractivity contribution in [3.05, 3.63) is 23.8 Å². The van der Waals surface area contributed by atoms with Gasteiger partial charge in [0.2, 0.25) is 0 Å². The summed E-state index contributed by atoms with van der Waals surface area (Å²) in [4.78, 5) is 11.4. The molecule has 0 spiro atoms. The lowest BCUT2D eigenvalue weighted by atomic mass is 10.0. The van der Waals surface area contributed by atoms with Crippen LogP contribution in [0.4, 0.5) is 5.69 Å². The first-order valence-electron chi connectivity index (χ1n) is 7.45. The Labute approximate surface area is 123 Å². The van der Waals surface area contributed by atoms with Crippen molar-refractivity contribution in [3.8, 4) is 5.75 Å². The third-order valence-corrected chi connectivity index (χ3v) is 5.56. The zero-order chi connectivity index (χ0) is 13.7. The molecule has 0 bridgehead atoms. The summed E-state index contributed by atoms with van der Waals surface area (Å²) in [6.07, 6.45) is 5.39. The normalized spacial score (nSPS) is 32.5. The van der Waals surface area contributed by atoms with E-state index < -0.39 is 0 Å². The van der Waals surface area contributed by atoms with Crippen molar-refractivity contribution in [2.24, 2.45) is 17.8 Å². The Balaban J connectivity index is 1.56. The lowest BCUT2D eigenvalue weighted by molar-refractivity contribution is -0.118. The van der Waals surface area contributed by atoms with Crippen LogP contribution in [0.2, 0.25) is 0 Å². The van der Waals surface area contributed by atoms with Crippen molar-refractivity contribution >= 4 is 23.2 Å². The number of ether oxygens (including phenoxy) is 1. The second kappa shape index (κ2) is 4.66. The molecule has 1 aromatic carbocycles. The van der Waals surface area contributed by atoms with E-state index in [9.17, 15) is 4.79 Å². The van der Waals surface area contributed by atoms with Gasteiger partial charge >= 0.3 is 0 Å². The molecule has 0 aromatic heterocycles. The van der Waals surface area contributed by atoms with Crippen LogP contribution >= 0.6 is 11.6 Å². The maximum Gasteiger partial charge on any atom is 0.262 e. The molecular formula is C16H18ClNO2. The molecule has 1 aromatic rings. The number of fused-ring (bicyclic) bond motifs is 2. The van der Waals surface area contributed by atoms with Gasteiger partial charge in [-0.25, -0.2) is 0 Å². The number of carbonyl (C=O) groups is 1. The number of hydrogen-bond acceptors (Lipinski definition) is 2. The Kier molecular flexibility index (Phi) is 2.92. The van der Waals surface area contributed by atoms with Crippen molar-refractivity contribution in [1.82, 2.24) is 0 Å². The average molecular weight is 292 g/mol. The third-order valence-electron chi connectivity index (χ3n) is 5.02. The van der Waals surface area contributed by atoms with Crippen molar-refractivity contribution in [2.45, 2.75) is 31.1 Å². The van der Waals surface area contributed by atoms with Gasteiger partial charge in [0, 0.05) is 0 Å². The number of amides is 1. The Morgan fingerprint density at radius 2 is 2.00 bits per heavy atom. The van der Waals surface area contributed by atoms with E-state index in [1.165, 1.54) is 25.7 Å². The van der Waals surface area contributed by atoms with E-state index >= 15 is 0 Å². The molecule has 3 aliphatic rings. The topological polar surface area (TPSA) is 38.3 Å². The summed E-state index contributed by atoms with van der Waals surface area (Å²) < 4.78 is 5.39. The molecule has 2 fully saturated rings. The van der Waals surface area contributed by atoms with Gasteiger partial charge in [-0.1, -0.05) is 18.9 Å². The van der Waals surface area contributed by atoms with Crippen LogP contribution in [-0.2, 0) is 4.79 Å². The maximum atomic E-state index is 11.4. The SMILES string of the molecule is O=C1COc2ccc(C(Cl)C3C4CCCCC43)cc2N1. The van der Waals surface area contributed by atoms with Gasteiger partial charge in [-0.3, -0.25) is 4.79 Å². The standard InChI is InChI=1S/C16H18ClNO2/c17-16(15-10-3-1-2-4-11(10)15)9-5-6-13-12(7-9)18-14(19)8-20-13/h5-7,10-11,15-16H,1-4,8H2,(H,18,19). The van der Waals surface area contributed by atoms with Crippen LogP contribution < -0.4 is 10.1 Å². The van der Waals surface area contributed by atoms with E-state index in [1.54, 1.807) is 0 Å². The quantitative estimate of drug-likeness (QED) is 0.843. The zero-order valence-electron chi connectivity index (χ0n) is 11.3. The summed E-state index contributed by atoms with van der Waals surface area (Å²) in [6, 6.07) is 5.94. The number of nitrogens with one attached hydrogen (secondary N) is 1. The lowest BCUT2D eigenvalue weighted by Crippen LogP contribution is -2.25. The summed E-state index contributed by atoms with van der Waals surface area (Å²) in [5, 5.41) is 2.92. The fraction of sp³-hybridized carbons (Fsp3) is 0.562. The number of alkyl halides is 1. The average Bonchev–Trinajstić information content (AvgIpc) is 3.20. The molecule has 3 unspecified atom stereocenters. The molecule has 1 aliphatic heterocycles. The number of carbonyl (C=O) groups excluding carboxylic acids is 1. The summed E-state index contributed by atoms with van der Waals surface area (Å²) in [5.41, 5.74) is 1.86. The third kappa shape index (κ3) is 1.99. The number of hydrogen-bond donors (Lipinski definition) is 1. The van der Waals surface area contributed by atoms with Crippen molar-refractivity contribution in [2.75, 3.05) is 11.9 Å². The van der Waals surface area contributed by atoms with Gasteiger partial charge in [-0.2, -0.15) is 0 Å². The second-order valence-electron chi connectivity index (χ2n) is 6.18. The number of halogens is 1. The molecule has 4 rings (SSSR count). The van der Waals surface area contributed by atoms with Crippen LogP contribution in [0.15, 0.2) is 18.2 Å². The Bertz CT molecular complexity index is 547. The summed E-state index contributed by atoms with van der Waals surface area (Å²) in [5.74, 6) is 2.92. The van der Waals surface area contributed by atoms with Gasteiger partial charge < -0.3 is 10.1 Å². The Hall–Kier alpha value is -1.22. The highest BCUT2D eigenvalue weighted by Gasteiger charge is 2.54. The highest BCUT2D eigenvalue weighted by Crippen LogP contribution is 2.62. The van der Waals surface area contributed by atoms with E-state index in [0.717, 1.165) is 28.8 Å². The molecule has 2 saturated carbocycles. The van der Waals surface area contributed by atoms with Crippen LogP contribution in [0.1, 0.15) is 36.6 Å². The first-order chi connectivity index (χ1) is 9.74. The summed E-state index contributed by atoms with van der Waals surface area (Å²) >= 11 is 6.70. The highest BCUT2D eigenvalue weighted by molar-refractivity contribution is 6.21. The number of rotatable bonds is 2. The highest BCUT2D eigenvalue weighted by atomic mass is 35.5. The van der Waals surface area contributed by atoms with Crippen LogP contribution in [0, 0.1) is 17.8 Å². The number of benzene rings is 1. The predicted molar refractivity (Wildman–Crippen MR) is 78.1 cm³/mol. The van der Waals surface area contributed by atoms with Crippen LogP contribution in [0.5, 0.6) is 5.75 Å². The predicted octanol–water partition coefficient (Wildman–Crippen LogP) is 3.73. The van der Waals surface area contributed by atoms with E-state index in [-0.39, 0.29) is 17.9 Å². The minimum absolute atomic E-state index is 0.0622. The van der Waals surface area contributed by atoms with E-state index in [4.69, 9.17) is 16.3 Å². The van der Waals surface area contributed by atoms with Crippen molar-refractivity contribution in [3.63, 3.8) is 0 Å². The van der Waals surface area contributed by atoms with E-state index in [2.05, 4.69) is 5.32 Å². The van der Waals surface area contributed by atoms with Gasteiger partial charge in [0.15, 0.2) is 6.61 Å². The molecule has 0 saturated heterocycles. The van der Waals surface area contributed by atoms with E-state index in [0.29, 0.717) is 5.92 Å². The zero-order valence-corrected chi connectivity index (χ0v) is 12.0. The van der Waals surface area contributed by atoms with E-state index in [1.807, 2.05) is 18.2 Å². The molecule has 3 atom stereocenters. The smallest absolute Gasteiger partial charge is 0.262 e. The molecule has 20 heavy (non-hydrogen) atoms. The molecular weight excluding hydrogens is 274 g/mol. The summed E-state index contributed by atoms with van der Waals surface area (Å²) in [7, 11) is 0. The van der Waals surface area contributed by atoms with Crippen molar-refractivity contribution in [1.29, 1.82) is 0 Å². The lowest BCUT2D eigenvalue weighted by Gasteiger charge is -2.20. The van der Waals surface area contributed by atoms with Gasteiger partial charge in [-0.15, -0.1) is 11.6 Å². The minimum Gasteiger partial charge on any atom is -0.482 e. The van der Waals surface area contributed by atoms with Gasteiger partial charge in [0.25, 0.3) is 5.91 Å². The fourth-order valence-electron chi connectivity index (χ4n) is 3.98. The van der Waals surface area contributed by atoms with Crippen LogP contribution in [0.25, 0.3) is 0 Å². The minimum atomic E-state index is -0.0964. The molecule has 1 amide bonds. The molecule has 0 radical (unpaired) electrons. The monoisotopic (exact) mass is 291 g/mol. The Morgan fingerprint density at radius 3 is 2.75 bits per heavy atom. The van der Waals surface area contributed by atoms with Crippen molar-refractivity contribution < 1.29 is 9.53 Å². The van der Waals surface area contributed by atoms with Gasteiger partial charge in [0.05, 0.1) is 11.1 Å². The molecule has 1 N–H and O–H groups in total. The van der Waals surface area contributed by atoms with Gasteiger partial charge in [0.1, 0.15) is 5.75 Å². The summed E-state index contributed by atoms with van der Waals surface area (Å²) in [6.45, 7) is 0.101. The fourth-order valence-corrected chi connectivity index (χ4v) is 4.49. The first kappa shape index (κ1) is 12.5. The number of anilines is 1. The molecule has 2 aliphatic carbocycles. The molecule has 3 nitrogen and oxygen atoms in total. The van der Waals surface area contributed by atoms with Crippen LogP contribution in [-0.4, -0.2) is 12.5 Å².